The lowest BCUT2D eigenvalue weighted by Gasteiger charge is -2.20. The van der Waals surface area contributed by atoms with Crippen LogP contribution >= 0.6 is 0 Å². The number of hydrogen-bond donors (Lipinski definition) is 1. The first-order chi connectivity index (χ1) is 9.68. The third kappa shape index (κ3) is 3.64. The molecule has 0 aliphatic carbocycles. The Labute approximate surface area is 127 Å². The van der Waals surface area contributed by atoms with Crippen LogP contribution in [0.2, 0.25) is 0 Å². The maximum atomic E-state index is 12.3. The predicted molar refractivity (Wildman–Crippen MR) is 82.3 cm³/mol. The summed E-state index contributed by atoms with van der Waals surface area (Å²) in [6.45, 7) is 14.6. The molecule has 1 amide bonds. The van der Waals surface area contributed by atoms with Gasteiger partial charge < -0.3 is 9.84 Å². The van der Waals surface area contributed by atoms with E-state index < -0.39 is 0 Å². The van der Waals surface area contributed by atoms with Crippen LogP contribution in [0, 0.1) is 5.92 Å². The maximum absolute atomic E-state index is 12.3. The van der Waals surface area contributed by atoms with E-state index in [9.17, 15) is 4.79 Å². The molecule has 0 spiro atoms. The molecule has 5 nitrogen and oxygen atoms in total. The normalized spacial score (nSPS) is 23.8. The third-order valence-corrected chi connectivity index (χ3v) is 4.17. The van der Waals surface area contributed by atoms with Crippen molar-refractivity contribution in [3.05, 3.63) is 17.5 Å². The summed E-state index contributed by atoms with van der Waals surface area (Å²) in [4.78, 5) is 14.7. The second-order valence-electron chi connectivity index (χ2n) is 7.43. The molecule has 2 rings (SSSR count). The van der Waals surface area contributed by atoms with Crippen molar-refractivity contribution in [2.75, 3.05) is 13.1 Å². The van der Waals surface area contributed by atoms with E-state index in [-0.39, 0.29) is 17.4 Å². The van der Waals surface area contributed by atoms with Crippen LogP contribution in [0.4, 0.5) is 0 Å². The Bertz CT molecular complexity index is 502. The highest BCUT2D eigenvalue weighted by Crippen LogP contribution is 2.23. The fourth-order valence-corrected chi connectivity index (χ4v) is 2.59. The molecular formula is C16H27N3O2. The average molecular weight is 293 g/mol. The molecule has 0 aromatic carbocycles. The molecule has 1 fully saturated rings. The second kappa shape index (κ2) is 5.79. The van der Waals surface area contributed by atoms with Crippen LogP contribution in [0.5, 0.6) is 0 Å². The molecule has 1 N–H and O–H groups in total. The maximum Gasteiger partial charge on any atom is 0.273 e. The van der Waals surface area contributed by atoms with Crippen molar-refractivity contribution in [3.8, 4) is 0 Å². The topological polar surface area (TPSA) is 58.4 Å². The molecule has 1 aromatic rings. The van der Waals surface area contributed by atoms with Crippen LogP contribution < -0.4 is 5.32 Å². The minimum atomic E-state index is -0.142. The largest absolute Gasteiger partial charge is 0.360 e. The Balaban J connectivity index is 2.00. The summed E-state index contributed by atoms with van der Waals surface area (Å²) < 4.78 is 5.28. The molecule has 2 unspecified atom stereocenters. The van der Waals surface area contributed by atoms with E-state index in [0.29, 0.717) is 17.7 Å². The van der Waals surface area contributed by atoms with E-state index in [0.717, 1.165) is 18.8 Å². The molecule has 1 saturated heterocycles. The van der Waals surface area contributed by atoms with Gasteiger partial charge >= 0.3 is 0 Å². The summed E-state index contributed by atoms with van der Waals surface area (Å²) in [6.07, 6.45) is 0. The molecule has 118 valence electrons. The first kappa shape index (κ1) is 16.0. The zero-order valence-electron chi connectivity index (χ0n) is 13.9. The summed E-state index contributed by atoms with van der Waals surface area (Å²) in [5.74, 6) is 1.04. The van der Waals surface area contributed by atoms with Crippen molar-refractivity contribution in [3.63, 3.8) is 0 Å². The van der Waals surface area contributed by atoms with Crippen LogP contribution in [0.15, 0.2) is 10.6 Å². The molecule has 21 heavy (non-hydrogen) atoms. The monoisotopic (exact) mass is 293 g/mol. The van der Waals surface area contributed by atoms with Gasteiger partial charge in [0.15, 0.2) is 5.69 Å². The Morgan fingerprint density at radius 3 is 2.57 bits per heavy atom. The van der Waals surface area contributed by atoms with Crippen LogP contribution in [0.3, 0.4) is 0 Å². The number of carbonyl (C=O) groups excluding carboxylic acids is 1. The van der Waals surface area contributed by atoms with Crippen molar-refractivity contribution in [1.29, 1.82) is 0 Å². The van der Waals surface area contributed by atoms with E-state index in [4.69, 9.17) is 4.52 Å². The van der Waals surface area contributed by atoms with Crippen LogP contribution in [-0.4, -0.2) is 41.1 Å². The van der Waals surface area contributed by atoms with Gasteiger partial charge in [0, 0.05) is 36.7 Å². The molecular weight excluding hydrogens is 266 g/mol. The second-order valence-corrected chi connectivity index (χ2v) is 7.43. The van der Waals surface area contributed by atoms with Crippen molar-refractivity contribution in [1.82, 2.24) is 15.4 Å². The van der Waals surface area contributed by atoms with Gasteiger partial charge in [-0.25, -0.2) is 0 Å². The fourth-order valence-electron chi connectivity index (χ4n) is 2.59. The van der Waals surface area contributed by atoms with Crippen molar-refractivity contribution >= 4 is 5.91 Å². The summed E-state index contributed by atoms with van der Waals surface area (Å²) >= 11 is 0. The van der Waals surface area contributed by atoms with Gasteiger partial charge in [-0.3, -0.25) is 9.69 Å². The first-order valence-corrected chi connectivity index (χ1v) is 7.70. The standard InChI is InChI=1S/C16H27N3O2/c1-10(2)19-8-11(3)13(9-19)17-15(20)12-7-14(21-18-12)16(4,5)6/h7,10-11,13H,8-9H2,1-6H3,(H,17,20). The van der Waals surface area contributed by atoms with Crippen molar-refractivity contribution in [2.45, 2.75) is 59.0 Å². The third-order valence-electron chi connectivity index (χ3n) is 4.17. The number of aromatic nitrogens is 1. The van der Waals surface area contributed by atoms with Crippen LogP contribution in [0.25, 0.3) is 0 Å². The molecule has 2 atom stereocenters. The predicted octanol–water partition coefficient (Wildman–Crippen LogP) is 2.43. The number of nitrogens with one attached hydrogen (secondary N) is 1. The van der Waals surface area contributed by atoms with Gasteiger partial charge in [-0.1, -0.05) is 32.9 Å². The molecule has 1 aliphatic rings. The quantitative estimate of drug-likeness (QED) is 0.930. The van der Waals surface area contributed by atoms with E-state index >= 15 is 0 Å². The summed E-state index contributed by atoms with van der Waals surface area (Å²) in [5.41, 5.74) is 0.232. The van der Waals surface area contributed by atoms with Gasteiger partial charge in [0.2, 0.25) is 0 Å². The molecule has 0 bridgehead atoms. The Morgan fingerprint density at radius 1 is 1.43 bits per heavy atom. The van der Waals surface area contributed by atoms with E-state index in [1.165, 1.54) is 0 Å². The number of rotatable bonds is 3. The number of amides is 1. The lowest BCUT2D eigenvalue weighted by molar-refractivity contribution is 0.0921. The summed E-state index contributed by atoms with van der Waals surface area (Å²) in [7, 11) is 0. The zero-order chi connectivity index (χ0) is 15.8. The Morgan fingerprint density at radius 2 is 2.10 bits per heavy atom. The minimum Gasteiger partial charge on any atom is -0.360 e. The number of hydrogen-bond acceptors (Lipinski definition) is 4. The molecule has 2 heterocycles. The van der Waals surface area contributed by atoms with Crippen LogP contribution in [0.1, 0.15) is 57.8 Å². The first-order valence-electron chi connectivity index (χ1n) is 7.70. The minimum absolute atomic E-state index is 0.138. The highest BCUT2D eigenvalue weighted by Gasteiger charge is 2.32. The molecule has 0 saturated carbocycles. The number of nitrogens with zero attached hydrogens (tertiary/aromatic N) is 2. The molecule has 0 radical (unpaired) electrons. The lowest BCUT2D eigenvalue weighted by Crippen LogP contribution is -2.40. The smallest absolute Gasteiger partial charge is 0.273 e. The van der Waals surface area contributed by atoms with Crippen LogP contribution in [-0.2, 0) is 5.41 Å². The Hall–Kier alpha value is -1.36. The van der Waals surface area contributed by atoms with Gasteiger partial charge in [-0.05, 0) is 19.8 Å². The van der Waals surface area contributed by atoms with Crippen molar-refractivity contribution < 1.29 is 9.32 Å². The van der Waals surface area contributed by atoms with Crippen molar-refractivity contribution in [2.24, 2.45) is 5.92 Å². The molecule has 1 aromatic heterocycles. The molecule has 1 aliphatic heterocycles. The van der Waals surface area contributed by atoms with E-state index in [1.807, 2.05) is 20.8 Å². The van der Waals surface area contributed by atoms with Gasteiger partial charge in [0.25, 0.3) is 5.91 Å². The highest BCUT2D eigenvalue weighted by atomic mass is 16.5. The summed E-state index contributed by atoms with van der Waals surface area (Å²) in [6, 6.07) is 2.43. The van der Waals surface area contributed by atoms with Gasteiger partial charge in [-0.2, -0.15) is 0 Å². The summed E-state index contributed by atoms with van der Waals surface area (Å²) in [5, 5.41) is 6.99. The Kier molecular flexibility index (Phi) is 4.42. The van der Waals surface area contributed by atoms with Gasteiger partial charge in [0.05, 0.1) is 0 Å². The van der Waals surface area contributed by atoms with E-state index in [2.05, 4.69) is 36.1 Å². The lowest BCUT2D eigenvalue weighted by atomic mass is 9.93. The van der Waals surface area contributed by atoms with E-state index in [1.54, 1.807) is 6.07 Å². The zero-order valence-corrected chi connectivity index (χ0v) is 13.9. The van der Waals surface area contributed by atoms with Gasteiger partial charge in [0.1, 0.15) is 5.76 Å². The number of carbonyl (C=O) groups is 1. The average Bonchev–Trinajstić information content (AvgIpc) is 2.96. The fraction of sp³-hybridized carbons (Fsp3) is 0.750. The van der Waals surface area contributed by atoms with Gasteiger partial charge in [-0.15, -0.1) is 0 Å². The SMILES string of the molecule is CC1CN(C(C)C)CC1NC(=O)c1cc(C(C)(C)C)on1. The number of likely N-dealkylation sites (tertiary alicyclic amines) is 1. The molecule has 5 heteroatoms. The highest BCUT2D eigenvalue weighted by molar-refractivity contribution is 5.92.